The van der Waals surface area contributed by atoms with Crippen LogP contribution in [0.1, 0.15) is 53.1 Å². The third-order valence-corrected chi connectivity index (χ3v) is 6.37. The smallest absolute Gasteiger partial charge is 0.226 e. The van der Waals surface area contributed by atoms with Crippen molar-refractivity contribution in [2.45, 2.75) is 38.0 Å². The summed E-state index contributed by atoms with van der Waals surface area (Å²) < 4.78 is 0. The highest BCUT2D eigenvalue weighted by molar-refractivity contribution is 6.32. The first kappa shape index (κ1) is 18.2. The maximum Gasteiger partial charge on any atom is 0.226 e. The van der Waals surface area contributed by atoms with Gasteiger partial charge in [0.2, 0.25) is 5.91 Å². The second-order valence-corrected chi connectivity index (χ2v) is 8.05. The Morgan fingerprint density at radius 3 is 2.44 bits per heavy atom. The molecule has 4 rings (SSSR count). The molecule has 0 aromatic heterocycles. The third-order valence-electron chi connectivity index (χ3n) is 6.02. The number of hydrogen-bond donors (Lipinski definition) is 0. The molecule has 1 amide bonds. The quantitative estimate of drug-likeness (QED) is 0.695. The highest BCUT2D eigenvalue weighted by Gasteiger charge is 2.32. The van der Waals surface area contributed by atoms with Gasteiger partial charge in [-0.25, -0.2) is 0 Å². The van der Waals surface area contributed by atoms with Gasteiger partial charge in [0.1, 0.15) is 0 Å². The first-order valence-electron chi connectivity index (χ1n) is 9.78. The summed E-state index contributed by atoms with van der Waals surface area (Å²) in [4.78, 5) is 27.7. The first-order valence-corrected chi connectivity index (χ1v) is 10.2. The summed E-state index contributed by atoms with van der Waals surface area (Å²) in [6.07, 6.45) is 3.66. The van der Waals surface area contributed by atoms with E-state index in [4.69, 9.17) is 11.6 Å². The van der Waals surface area contributed by atoms with E-state index in [-0.39, 0.29) is 17.6 Å². The summed E-state index contributed by atoms with van der Waals surface area (Å²) in [5.41, 5.74) is 2.96. The topological polar surface area (TPSA) is 37.4 Å². The largest absolute Gasteiger partial charge is 0.342 e. The maximum absolute atomic E-state index is 13.1. The summed E-state index contributed by atoms with van der Waals surface area (Å²) in [6, 6.07) is 16.0. The second kappa shape index (κ2) is 7.85. The van der Waals surface area contributed by atoms with Crippen LogP contribution in [0.2, 0.25) is 5.02 Å². The van der Waals surface area contributed by atoms with Crippen LogP contribution in [-0.4, -0.2) is 29.7 Å². The number of likely N-dealkylation sites (tertiary alicyclic amines) is 1. The number of hydrogen-bond acceptors (Lipinski definition) is 2. The maximum atomic E-state index is 13.1. The van der Waals surface area contributed by atoms with E-state index >= 15 is 0 Å². The van der Waals surface area contributed by atoms with Crippen LogP contribution in [0.4, 0.5) is 0 Å². The molecule has 0 N–H and O–H groups in total. The van der Waals surface area contributed by atoms with Gasteiger partial charge in [-0.05, 0) is 48.8 Å². The van der Waals surface area contributed by atoms with Crippen LogP contribution in [0.25, 0.3) is 0 Å². The minimum absolute atomic E-state index is 0.0440. The number of fused-ring (bicyclic) bond motifs is 1. The molecule has 0 spiro atoms. The van der Waals surface area contributed by atoms with Crippen LogP contribution in [0.3, 0.4) is 0 Å². The molecule has 1 fully saturated rings. The van der Waals surface area contributed by atoms with E-state index in [9.17, 15) is 9.59 Å². The molecule has 1 aliphatic heterocycles. The summed E-state index contributed by atoms with van der Waals surface area (Å²) in [7, 11) is 0. The molecule has 1 unspecified atom stereocenters. The monoisotopic (exact) mass is 381 g/mol. The van der Waals surface area contributed by atoms with Crippen molar-refractivity contribution in [2.24, 2.45) is 5.92 Å². The Bertz CT molecular complexity index is 841. The van der Waals surface area contributed by atoms with E-state index in [0.717, 1.165) is 31.5 Å². The predicted molar refractivity (Wildman–Crippen MR) is 107 cm³/mol. The molecule has 0 saturated carbocycles. The molecule has 0 bridgehead atoms. The van der Waals surface area contributed by atoms with Crippen molar-refractivity contribution in [3.8, 4) is 0 Å². The third kappa shape index (κ3) is 3.79. The molecule has 1 saturated heterocycles. The molecular weight excluding hydrogens is 358 g/mol. The molecule has 2 aromatic carbocycles. The molecule has 1 aliphatic carbocycles. The van der Waals surface area contributed by atoms with Crippen LogP contribution < -0.4 is 0 Å². The average molecular weight is 382 g/mol. The zero-order valence-electron chi connectivity index (χ0n) is 15.4. The average Bonchev–Trinajstić information content (AvgIpc) is 2.88. The zero-order valence-corrected chi connectivity index (χ0v) is 16.1. The van der Waals surface area contributed by atoms with E-state index in [0.29, 0.717) is 35.8 Å². The minimum Gasteiger partial charge on any atom is -0.342 e. The lowest BCUT2D eigenvalue weighted by Crippen LogP contribution is -2.41. The Balaban J connectivity index is 1.41. The van der Waals surface area contributed by atoms with Crippen molar-refractivity contribution in [3.63, 3.8) is 0 Å². The Morgan fingerprint density at radius 2 is 1.70 bits per heavy atom. The van der Waals surface area contributed by atoms with Gasteiger partial charge in [-0.3, -0.25) is 9.59 Å². The van der Waals surface area contributed by atoms with E-state index in [1.165, 1.54) is 5.56 Å². The van der Waals surface area contributed by atoms with Crippen molar-refractivity contribution in [1.29, 1.82) is 0 Å². The number of halogens is 1. The van der Waals surface area contributed by atoms with E-state index in [1.807, 2.05) is 29.2 Å². The number of carbonyl (C=O) groups is 2. The van der Waals surface area contributed by atoms with Gasteiger partial charge in [0, 0.05) is 36.0 Å². The van der Waals surface area contributed by atoms with Crippen LogP contribution in [0.15, 0.2) is 48.5 Å². The van der Waals surface area contributed by atoms with Gasteiger partial charge >= 0.3 is 0 Å². The Labute approximate surface area is 165 Å². The highest BCUT2D eigenvalue weighted by Crippen LogP contribution is 2.32. The number of carbonyl (C=O) groups excluding carboxylic acids is 2. The van der Waals surface area contributed by atoms with Crippen LogP contribution in [-0.2, 0) is 11.2 Å². The molecule has 1 heterocycles. The van der Waals surface area contributed by atoms with Crippen molar-refractivity contribution < 1.29 is 9.59 Å². The Morgan fingerprint density at radius 1 is 0.963 bits per heavy atom. The van der Waals surface area contributed by atoms with E-state index < -0.39 is 0 Å². The van der Waals surface area contributed by atoms with Gasteiger partial charge in [-0.15, -0.1) is 0 Å². The molecule has 0 radical (unpaired) electrons. The molecule has 27 heavy (non-hydrogen) atoms. The molecule has 3 nitrogen and oxygen atoms in total. The zero-order chi connectivity index (χ0) is 18.8. The minimum atomic E-state index is -0.228. The fraction of sp³-hybridized carbons (Fsp3) is 0.391. The second-order valence-electron chi connectivity index (χ2n) is 7.64. The number of Topliss-reactive ketones (excluding diaryl/α,β-unsaturated/α-hetero) is 1. The van der Waals surface area contributed by atoms with Gasteiger partial charge in [0.25, 0.3) is 0 Å². The van der Waals surface area contributed by atoms with Gasteiger partial charge in [-0.1, -0.05) is 54.1 Å². The first-order chi connectivity index (χ1) is 13.1. The van der Waals surface area contributed by atoms with Gasteiger partial charge in [0.05, 0.1) is 0 Å². The summed E-state index contributed by atoms with van der Waals surface area (Å²) in [5.74, 6) is 0.477. The molecule has 4 heteroatoms. The van der Waals surface area contributed by atoms with E-state index in [1.54, 1.807) is 0 Å². The number of amides is 1. The van der Waals surface area contributed by atoms with Crippen LogP contribution >= 0.6 is 11.6 Å². The predicted octanol–water partition coefficient (Wildman–Crippen LogP) is 4.88. The molecule has 140 valence electrons. The van der Waals surface area contributed by atoms with Crippen molar-refractivity contribution in [2.75, 3.05) is 13.1 Å². The fourth-order valence-electron chi connectivity index (χ4n) is 4.46. The Hall–Kier alpha value is -2.13. The summed E-state index contributed by atoms with van der Waals surface area (Å²) >= 11 is 6.28. The normalized spacial score (nSPS) is 20.9. The van der Waals surface area contributed by atoms with Crippen LogP contribution in [0, 0.1) is 5.92 Å². The van der Waals surface area contributed by atoms with Crippen molar-refractivity contribution >= 4 is 23.3 Å². The van der Waals surface area contributed by atoms with Crippen molar-refractivity contribution in [3.05, 3.63) is 70.2 Å². The summed E-state index contributed by atoms with van der Waals surface area (Å²) in [5, 5.41) is 0.637. The number of benzene rings is 2. The molecule has 1 atom stereocenters. The van der Waals surface area contributed by atoms with Gasteiger partial charge in [0.15, 0.2) is 5.78 Å². The lowest BCUT2D eigenvalue weighted by atomic mass is 9.88. The number of rotatable bonds is 2. The molecule has 2 aromatic rings. The standard InChI is InChI=1S/C23H24ClNO2/c24-21-8-4-7-20-19(21)10-9-18(15-22(20)26)23(27)25-13-11-17(12-14-25)16-5-2-1-3-6-16/h1-8,17-18H,9-15H2. The molecular formula is C23H24ClNO2. The summed E-state index contributed by atoms with van der Waals surface area (Å²) in [6.45, 7) is 1.55. The number of piperidine rings is 1. The fourth-order valence-corrected chi connectivity index (χ4v) is 4.72. The van der Waals surface area contributed by atoms with Crippen molar-refractivity contribution in [1.82, 2.24) is 4.90 Å². The number of ketones is 1. The lowest BCUT2D eigenvalue weighted by molar-refractivity contribution is -0.136. The SMILES string of the molecule is O=C1CC(C(=O)N2CCC(c3ccccc3)CC2)CCc2c(Cl)cccc21. The molecule has 2 aliphatic rings. The van der Waals surface area contributed by atoms with Gasteiger partial charge < -0.3 is 4.90 Å². The van der Waals surface area contributed by atoms with Crippen LogP contribution in [0.5, 0.6) is 0 Å². The van der Waals surface area contributed by atoms with E-state index in [2.05, 4.69) is 24.3 Å². The number of nitrogens with zero attached hydrogens (tertiary/aromatic N) is 1. The lowest BCUT2D eigenvalue weighted by Gasteiger charge is -2.34. The highest BCUT2D eigenvalue weighted by atomic mass is 35.5. The Kier molecular flexibility index (Phi) is 5.31. The van der Waals surface area contributed by atoms with Gasteiger partial charge in [-0.2, -0.15) is 0 Å².